The summed E-state index contributed by atoms with van der Waals surface area (Å²) in [6.07, 6.45) is 1.50. The molecule has 1 N–H and O–H groups in total. The van der Waals surface area contributed by atoms with Crippen molar-refractivity contribution in [1.82, 2.24) is 19.5 Å². The van der Waals surface area contributed by atoms with E-state index in [0.717, 1.165) is 0 Å². The van der Waals surface area contributed by atoms with Gasteiger partial charge in [-0.1, -0.05) is 29.3 Å². The third-order valence-corrected chi connectivity index (χ3v) is 7.69. The van der Waals surface area contributed by atoms with Crippen molar-refractivity contribution >= 4 is 46.4 Å². The highest BCUT2D eigenvalue weighted by atomic mass is 35.5. The molecular formula is C28H21Cl2N7O4. The maximum Gasteiger partial charge on any atom is 0.319 e. The number of amides is 2. The van der Waals surface area contributed by atoms with Gasteiger partial charge in [-0.25, -0.2) is 9.97 Å². The molecule has 206 valence electrons. The van der Waals surface area contributed by atoms with Crippen LogP contribution in [0.4, 0.5) is 11.4 Å². The molecular weight excluding hydrogens is 569 g/mol. The zero-order chi connectivity index (χ0) is 29.2. The minimum Gasteiger partial charge on any atom is -0.480 e. The first kappa shape index (κ1) is 26.6. The smallest absolute Gasteiger partial charge is 0.319 e. The summed E-state index contributed by atoms with van der Waals surface area (Å²) >= 11 is 12.7. The molecule has 1 atom stereocenters. The molecule has 0 fully saturated rings. The normalized spacial score (nSPS) is 17.1. The number of carbonyl (C=O) groups is 2. The lowest BCUT2D eigenvalue weighted by molar-refractivity contribution is -0.119. The van der Waals surface area contributed by atoms with Crippen LogP contribution in [-0.4, -0.2) is 45.6 Å². The van der Waals surface area contributed by atoms with Crippen molar-refractivity contribution in [2.75, 3.05) is 24.4 Å². The van der Waals surface area contributed by atoms with Gasteiger partial charge in [0.15, 0.2) is 11.2 Å². The Morgan fingerprint density at radius 1 is 1.07 bits per heavy atom. The largest absolute Gasteiger partial charge is 0.480 e. The van der Waals surface area contributed by atoms with Crippen LogP contribution in [0.15, 0.2) is 42.6 Å². The van der Waals surface area contributed by atoms with Crippen molar-refractivity contribution in [1.29, 1.82) is 5.26 Å². The second-order valence-electron chi connectivity index (χ2n) is 9.65. The number of fused-ring (bicyclic) bond motifs is 4. The number of nitrogens with zero attached hydrogens (tertiary/aromatic N) is 6. The summed E-state index contributed by atoms with van der Waals surface area (Å²) in [5.74, 6) is -0.492. The Morgan fingerprint density at radius 3 is 2.51 bits per heavy atom. The Labute approximate surface area is 244 Å². The van der Waals surface area contributed by atoms with Crippen molar-refractivity contribution in [3.63, 3.8) is 0 Å². The molecule has 2 aromatic heterocycles. The Balaban J connectivity index is 1.70. The van der Waals surface area contributed by atoms with E-state index in [-0.39, 0.29) is 34.2 Å². The van der Waals surface area contributed by atoms with Gasteiger partial charge in [-0.2, -0.15) is 10.2 Å². The van der Waals surface area contributed by atoms with Gasteiger partial charge in [0, 0.05) is 34.2 Å². The summed E-state index contributed by atoms with van der Waals surface area (Å²) in [4.78, 5) is 43.3. The summed E-state index contributed by atoms with van der Waals surface area (Å²) in [6.45, 7) is 3.83. The molecule has 11 nitrogen and oxygen atoms in total. The number of benzene rings is 2. The summed E-state index contributed by atoms with van der Waals surface area (Å²) in [5, 5.41) is 12.9. The molecule has 2 amide bonds. The monoisotopic (exact) mass is 589 g/mol. The van der Waals surface area contributed by atoms with Crippen LogP contribution in [0.3, 0.4) is 0 Å². The lowest BCUT2D eigenvalue weighted by atomic mass is 9.87. The molecule has 0 saturated heterocycles. The van der Waals surface area contributed by atoms with E-state index in [2.05, 4.69) is 15.3 Å². The number of methoxy groups -OCH3 is 2. The number of ether oxygens (including phenoxy) is 2. The molecule has 0 aliphatic carbocycles. The molecule has 2 aromatic carbocycles. The lowest BCUT2D eigenvalue weighted by Crippen LogP contribution is -2.51. The Kier molecular flexibility index (Phi) is 6.13. The molecule has 0 bridgehead atoms. The number of anilines is 2. The second-order valence-corrected chi connectivity index (χ2v) is 10.5. The first-order valence-electron chi connectivity index (χ1n) is 12.4. The molecule has 4 heterocycles. The van der Waals surface area contributed by atoms with Crippen molar-refractivity contribution < 1.29 is 19.1 Å². The van der Waals surface area contributed by atoms with E-state index < -0.39 is 17.4 Å². The van der Waals surface area contributed by atoms with Gasteiger partial charge >= 0.3 is 6.01 Å². The van der Waals surface area contributed by atoms with Gasteiger partial charge in [0.2, 0.25) is 5.88 Å². The first-order valence-corrected chi connectivity index (χ1v) is 13.2. The predicted molar refractivity (Wildman–Crippen MR) is 151 cm³/mol. The molecule has 6 rings (SSSR count). The average molecular weight is 590 g/mol. The molecule has 13 heteroatoms. The highest BCUT2D eigenvalue weighted by Gasteiger charge is 2.64. The van der Waals surface area contributed by atoms with Crippen LogP contribution in [-0.2, 0) is 10.3 Å². The van der Waals surface area contributed by atoms with Gasteiger partial charge < -0.3 is 19.4 Å². The molecule has 1 spiro atoms. The number of aromatic nitrogens is 4. The van der Waals surface area contributed by atoms with Crippen LogP contribution in [0.5, 0.6) is 11.9 Å². The number of nitriles is 1. The summed E-state index contributed by atoms with van der Waals surface area (Å²) in [6, 6.07) is 11.4. The van der Waals surface area contributed by atoms with E-state index in [4.69, 9.17) is 37.7 Å². The van der Waals surface area contributed by atoms with Crippen LogP contribution in [0.2, 0.25) is 10.0 Å². The van der Waals surface area contributed by atoms with Crippen LogP contribution >= 0.6 is 23.2 Å². The van der Waals surface area contributed by atoms with Gasteiger partial charge in [0.05, 0.1) is 36.1 Å². The molecule has 4 aromatic rings. The molecule has 1 unspecified atom stereocenters. The maximum atomic E-state index is 14.4. The number of rotatable bonds is 5. The van der Waals surface area contributed by atoms with Gasteiger partial charge in [0.25, 0.3) is 11.8 Å². The second kappa shape index (κ2) is 9.47. The summed E-state index contributed by atoms with van der Waals surface area (Å²) in [7, 11) is 2.89. The van der Waals surface area contributed by atoms with E-state index in [1.54, 1.807) is 24.3 Å². The van der Waals surface area contributed by atoms with Crippen LogP contribution in [0.1, 0.15) is 47.2 Å². The third kappa shape index (κ3) is 3.61. The highest BCUT2D eigenvalue weighted by molar-refractivity contribution is 6.33. The third-order valence-electron chi connectivity index (χ3n) is 7.14. The zero-order valence-electron chi connectivity index (χ0n) is 22.2. The predicted octanol–water partition coefficient (Wildman–Crippen LogP) is 4.97. The van der Waals surface area contributed by atoms with Crippen LogP contribution in [0, 0.1) is 11.3 Å². The number of imidazole rings is 1. The number of hydrogen-bond donors (Lipinski definition) is 1. The fourth-order valence-corrected chi connectivity index (χ4v) is 5.90. The minimum atomic E-state index is -1.68. The number of halogens is 2. The van der Waals surface area contributed by atoms with E-state index in [1.165, 1.54) is 37.4 Å². The quantitative estimate of drug-likeness (QED) is 0.344. The first-order chi connectivity index (χ1) is 19.7. The molecule has 41 heavy (non-hydrogen) atoms. The average Bonchev–Trinajstić information content (AvgIpc) is 3.56. The van der Waals surface area contributed by atoms with Gasteiger partial charge in [0.1, 0.15) is 11.9 Å². The van der Waals surface area contributed by atoms with Crippen LogP contribution < -0.4 is 19.7 Å². The minimum absolute atomic E-state index is 0.0602. The van der Waals surface area contributed by atoms with E-state index in [0.29, 0.717) is 39.0 Å². The van der Waals surface area contributed by atoms with E-state index in [1.807, 2.05) is 24.5 Å². The van der Waals surface area contributed by atoms with Gasteiger partial charge in [-0.3, -0.25) is 14.5 Å². The molecule has 0 saturated carbocycles. The van der Waals surface area contributed by atoms with Gasteiger partial charge in [-0.15, -0.1) is 0 Å². The number of carbonyl (C=O) groups excluding carboxylic acids is 2. The Hall–Kier alpha value is -4.66. The molecule has 0 radical (unpaired) electrons. The Morgan fingerprint density at radius 2 is 1.85 bits per heavy atom. The molecule has 2 aliphatic rings. The van der Waals surface area contributed by atoms with Gasteiger partial charge in [-0.05, 0) is 44.2 Å². The topological polar surface area (TPSA) is 135 Å². The molecule has 2 aliphatic heterocycles. The number of nitrogens with one attached hydrogen (secondary N) is 1. The van der Waals surface area contributed by atoms with E-state index in [9.17, 15) is 14.9 Å². The maximum absolute atomic E-state index is 14.4. The Bertz CT molecular complexity index is 1830. The summed E-state index contributed by atoms with van der Waals surface area (Å²) in [5.41, 5.74) is 0.644. The SMILES string of the molecule is COc1ncc(-c2nc3c(n2C(C)C)C2(C(=O)Nc4cc(Cl)ccc42)N(c2ccc(C#N)c(Cl)c2)C3=O)c(OC)n1. The van der Waals surface area contributed by atoms with Crippen molar-refractivity contribution in [3.8, 4) is 29.3 Å². The standard InChI is InChI=1S/C28H21Cl2N7O4/c1-13(2)36-22-21(34-23(36)17-12-32-27(41-4)35-24(17)40-3)25(38)37(16-7-5-14(11-31)19(30)10-16)28(22)18-8-6-15(29)9-20(18)33-26(28)39/h5-10,12-13H,1-4H3,(H,33,39). The van der Waals surface area contributed by atoms with Crippen LogP contribution in [0.25, 0.3) is 11.4 Å². The lowest BCUT2D eigenvalue weighted by Gasteiger charge is -2.35. The fourth-order valence-electron chi connectivity index (χ4n) is 5.51. The van der Waals surface area contributed by atoms with Crippen molar-refractivity contribution in [3.05, 3.63) is 75.2 Å². The van der Waals surface area contributed by atoms with E-state index >= 15 is 0 Å². The van der Waals surface area contributed by atoms with Crippen molar-refractivity contribution in [2.24, 2.45) is 0 Å². The summed E-state index contributed by atoms with van der Waals surface area (Å²) < 4.78 is 12.5. The zero-order valence-corrected chi connectivity index (χ0v) is 23.7. The fraction of sp³-hybridized carbons (Fsp3) is 0.214. The number of hydrogen-bond acceptors (Lipinski definition) is 8. The highest BCUT2D eigenvalue weighted by Crippen LogP contribution is 2.54. The van der Waals surface area contributed by atoms with Crippen molar-refractivity contribution in [2.45, 2.75) is 25.4 Å².